The number of H-pyrrole nitrogens is 1. The first kappa shape index (κ1) is 19.9. The van der Waals surface area contributed by atoms with Gasteiger partial charge < -0.3 is 14.8 Å². The Kier molecular flexibility index (Phi) is 4.80. The van der Waals surface area contributed by atoms with Crippen molar-refractivity contribution in [2.75, 3.05) is 26.7 Å². The molecule has 1 aliphatic heterocycles. The van der Waals surface area contributed by atoms with Crippen molar-refractivity contribution in [1.82, 2.24) is 9.88 Å². The molecule has 2 aromatic carbocycles. The summed E-state index contributed by atoms with van der Waals surface area (Å²) >= 11 is 3.69. The first-order valence-electron chi connectivity index (χ1n) is 10.5. The van der Waals surface area contributed by atoms with Crippen LogP contribution in [0.25, 0.3) is 10.9 Å². The van der Waals surface area contributed by atoms with Gasteiger partial charge in [-0.3, -0.25) is 4.90 Å². The van der Waals surface area contributed by atoms with Gasteiger partial charge in [-0.05, 0) is 58.2 Å². The molecule has 1 aliphatic carbocycles. The number of para-hydroxylation sites is 1. The van der Waals surface area contributed by atoms with Gasteiger partial charge in [0.1, 0.15) is 5.75 Å². The predicted molar refractivity (Wildman–Crippen MR) is 124 cm³/mol. The standard InChI is InChI=1S/C25H27BrN2O2/c1-3-11-28-12-10-24(17-6-4-7-18(13-17)30-2)15-22-20(14-25(24,29)16-28)19-8-5-9-21(26)23(19)27-22/h3-9,13,27,29H,1,10-12,14-16H2,2H3. The SMILES string of the molecule is C=CCN1CCC2(c3cccc(OC)c3)Cc3[nH]c4c(Br)cccc4c3CC2(O)C1. The minimum absolute atomic E-state index is 0.362. The molecule has 2 aliphatic rings. The van der Waals surface area contributed by atoms with Gasteiger partial charge in [0.25, 0.3) is 0 Å². The molecule has 1 fully saturated rings. The molecule has 0 radical (unpaired) electrons. The molecule has 0 saturated carbocycles. The van der Waals surface area contributed by atoms with Crippen molar-refractivity contribution >= 4 is 26.8 Å². The van der Waals surface area contributed by atoms with Crippen molar-refractivity contribution in [3.05, 3.63) is 76.4 Å². The van der Waals surface area contributed by atoms with Gasteiger partial charge in [-0.1, -0.05) is 30.3 Å². The minimum Gasteiger partial charge on any atom is -0.497 e. The van der Waals surface area contributed by atoms with Gasteiger partial charge in [0.15, 0.2) is 0 Å². The number of aliphatic hydroxyl groups is 1. The van der Waals surface area contributed by atoms with Crippen LogP contribution in [0.15, 0.2) is 59.6 Å². The van der Waals surface area contributed by atoms with E-state index in [2.05, 4.69) is 62.7 Å². The number of nitrogens with one attached hydrogen (secondary N) is 1. The molecule has 0 bridgehead atoms. The van der Waals surface area contributed by atoms with E-state index in [4.69, 9.17) is 4.74 Å². The molecule has 4 nitrogen and oxygen atoms in total. The number of halogens is 1. The fourth-order valence-corrected chi connectivity index (χ4v) is 6.14. The lowest BCUT2D eigenvalue weighted by molar-refractivity contribution is -0.100. The van der Waals surface area contributed by atoms with Gasteiger partial charge in [0.2, 0.25) is 0 Å². The van der Waals surface area contributed by atoms with Crippen molar-refractivity contribution < 1.29 is 9.84 Å². The quantitative estimate of drug-likeness (QED) is 0.552. The number of methoxy groups -OCH3 is 1. The highest BCUT2D eigenvalue weighted by Crippen LogP contribution is 2.52. The number of benzene rings is 2. The topological polar surface area (TPSA) is 48.5 Å². The van der Waals surface area contributed by atoms with Gasteiger partial charge in [-0.15, -0.1) is 6.58 Å². The Morgan fingerprint density at radius 2 is 2.10 bits per heavy atom. The maximum Gasteiger partial charge on any atom is 0.119 e. The number of piperidine rings is 1. The van der Waals surface area contributed by atoms with E-state index in [0.717, 1.165) is 47.2 Å². The number of nitrogens with zero attached hydrogens (tertiary/aromatic N) is 1. The monoisotopic (exact) mass is 466 g/mol. The summed E-state index contributed by atoms with van der Waals surface area (Å²) in [5.74, 6) is 0.836. The van der Waals surface area contributed by atoms with E-state index in [0.29, 0.717) is 13.0 Å². The normalized spacial score (nSPS) is 26.2. The Morgan fingerprint density at radius 1 is 1.27 bits per heavy atom. The van der Waals surface area contributed by atoms with Crippen LogP contribution in [-0.4, -0.2) is 47.3 Å². The molecule has 1 saturated heterocycles. The van der Waals surface area contributed by atoms with Crippen LogP contribution in [0.4, 0.5) is 0 Å². The summed E-state index contributed by atoms with van der Waals surface area (Å²) in [6.45, 7) is 6.27. The molecule has 5 heteroatoms. The number of fused-ring (bicyclic) bond motifs is 4. The summed E-state index contributed by atoms with van der Waals surface area (Å²) in [6, 6.07) is 14.6. The van der Waals surface area contributed by atoms with Gasteiger partial charge in [-0.2, -0.15) is 0 Å². The van der Waals surface area contributed by atoms with Crippen LogP contribution < -0.4 is 4.74 Å². The molecule has 1 aromatic heterocycles. The summed E-state index contributed by atoms with van der Waals surface area (Å²) in [5.41, 5.74) is 3.53. The van der Waals surface area contributed by atoms with Gasteiger partial charge in [0, 0.05) is 46.9 Å². The van der Waals surface area contributed by atoms with Crippen molar-refractivity contribution in [2.45, 2.75) is 30.3 Å². The Morgan fingerprint density at radius 3 is 2.90 bits per heavy atom. The van der Waals surface area contributed by atoms with Crippen LogP contribution in [0.1, 0.15) is 23.2 Å². The van der Waals surface area contributed by atoms with Gasteiger partial charge >= 0.3 is 0 Å². The van der Waals surface area contributed by atoms with Crippen LogP contribution in [0.2, 0.25) is 0 Å². The molecule has 2 N–H and O–H groups in total. The Labute approximate surface area is 185 Å². The summed E-state index contributed by atoms with van der Waals surface area (Å²) < 4.78 is 6.59. The number of likely N-dealkylation sites (tertiary alicyclic amines) is 1. The van der Waals surface area contributed by atoms with Crippen molar-refractivity contribution in [2.24, 2.45) is 0 Å². The zero-order chi connectivity index (χ0) is 20.9. The summed E-state index contributed by atoms with van der Waals surface area (Å²) in [7, 11) is 1.70. The smallest absolute Gasteiger partial charge is 0.119 e. The van der Waals surface area contributed by atoms with E-state index in [-0.39, 0.29) is 5.41 Å². The molecule has 2 heterocycles. The Balaban J connectivity index is 1.70. The molecular formula is C25H27BrN2O2. The van der Waals surface area contributed by atoms with E-state index in [1.165, 1.54) is 16.6 Å². The average molecular weight is 467 g/mol. The van der Waals surface area contributed by atoms with Crippen molar-refractivity contribution in [3.8, 4) is 5.75 Å². The summed E-state index contributed by atoms with van der Waals surface area (Å²) in [4.78, 5) is 6.00. The lowest BCUT2D eigenvalue weighted by atomic mass is 9.56. The highest BCUT2D eigenvalue weighted by molar-refractivity contribution is 9.10. The molecule has 0 spiro atoms. The van der Waals surface area contributed by atoms with Crippen LogP contribution >= 0.6 is 15.9 Å². The molecule has 2 unspecified atom stereocenters. The molecular weight excluding hydrogens is 440 g/mol. The number of aromatic nitrogens is 1. The molecule has 2 atom stereocenters. The van der Waals surface area contributed by atoms with E-state index < -0.39 is 5.60 Å². The van der Waals surface area contributed by atoms with E-state index in [1.54, 1.807) is 7.11 Å². The Bertz CT molecular complexity index is 1120. The second kappa shape index (κ2) is 7.26. The average Bonchev–Trinajstić information content (AvgIpc) is 3.10. The van der Waals surface area contributed by atoms with Gasteiger partial charge in [-0.25, -0.2) is 0 Å². The van der Waals surface area contributed by atoms with E-state index in [9.17, 15) is 5.11 Å². The second-order valence-electron chi connectivity index (χ2n) is 8.72. The highest BCUT2D eigenvalue weighted by atomic mass is 79.9. The van der Waals surface area contributed by atoms with Crippen molar-refractivity contribution in [1.29, 1.82) is 0 Å². The molecule has 0 amide bonds. The lowest BCUT2D eigenvalue weighted by Crippen LogP contribution is -2.66. The summed E-state index contributed by atoms with van der Waals surface area (Å²) in [5, 5.41) is 13.5. The number of aromatic amines is 1. The number of hydrogen-bond acceptors (Lipinski definition) is 3. The largest absolute Gasteiger partial charge is 0.497 e. The highest BCUT2D eigenvalue weighted by Gasteiger charge is 2.57. The maximum atomic E-state index is 12.3. The predicted octanol–water partition coefficient (Wildman–Crippen LogP) is 4.60. The van der Waals surface area contributed by atoms with Gasteiger partial charge in [0.05, 0.1) is 18.2 Å². The molecule has 5 rings (SSSR count). The third-order valence-corrected chi connectivity index (χ3v) is 7.83. The third kappa shape index (κ3) is 2.87. The van der Waals surface area contributed by atoms with Crippen LogP contribution in [0.3, 0.4) is 0 Å². The molecule has 30 heavy (non-hydrogen) atoms. The van der Waals surface area contributed by atoms with Crippen LogP contribution in [-0.2, 0) is 18.3 Å². The fraction of sp³-hybridized carbons (Fsp3) is 0.360. The number of ether oxygens (including phenoxy) is 1. The molecule has 156 valence electrons. The number of rotatable bonds is 4. The third-order valence-electron chi connectivity index (χ3n) is 7.17. The zero-order valence-electron chi connectivity index (χ0n) is 17.2. The number of hydrogen-bond donors (Lipinski definition) is 2. The fourth-order valence-electron chi connectivity index (χ4n) is 5.67. The van der Waals surface area contributed by atoms with E-state index >= 15 is 0 Å². The number of β-amino-alcohol motifs (C(OH)–C–C–N with tert-alkyl or cyclic N) is 1. The maximum absolute atomic E-state index is 12.3. The second-order valence-corrected chi connectivity index (χ2v) is 9.57. The first-order valence-corrected chi connectivity index (χ1v) is 11.3. The minimum atomic E-state index is -0.870. The van der Waals surface area contributed by atoms with E-state index in [1.807, 2.05) is 18.2 Å². The Hall–Kier alpha value is -2.08. The molecule has 3 aromatic rings. The van der Waals surface area contributed by atoms with Crippen LogP contribution in [0, 0.1) is 0 Å². The lowest BCUT2D eigenvalue weighted by Gasteiger charge is -2.56. The summed E-state index contributed by atoms with van der Waals surface area (Å²) in [6.07, 6.45) is 4.23. The van der Waals surface area contributed by atoms with Crippen molar-refractivity contribution in [3.63, 3.8) is 0 Å². The first-order chi connectivity index (χ1) is 14.5. The zero-order valence-corrected chi connectivity index (χ0v) is 18.8. The van der Waals surface area contributed by atoms with Crippen LogP contribution in [0.5, 0.6) is 5.75 Å².